The van der Waals surface area contributed by atoms with Crippen molar-refractivity contribution in [2.24, 2.45) is 11.8 Å². The van der Waals surface area contributed by atoms with Crippen molar-refractivity contribution in [2.45, 2.75) is 47.8 Å². The van der Waals surface area contributed by atoms with Crippen LogP contribution in [0, 0.1) is 39.5 Å². The molecule has 0 spiro atoms. The van der Waals surface area contributed by atoms with Crippen molar-refractivity contribution in [3.63, 3.8) is 0 Å². The molecule has 1 aliphatic heterocycles. The first-order valence-electron chi connectivity index (χ1n) is 8.52. The maximum atomic E-state index is 12.6. The molecule has 1 aromatic carbocycles. The van der Waals surface area contributed by atoms with Crippen LogP contribution in [0.4, 0.5) is 5.69 Å². The van der Waals surface area contributed by atoms with E-state index in [2.05, 4.69) is 5.32 Å². The average Bonchev–Trinajstić information content (AvgIpc) is 2.56. The highest BCUT2D eigenvalue weighted by Crippen LogP contribution is 2.31. The standard InChI is InChI=1S/C19H27NO5/c1-9(2)19-24-7-14(8-25-19)17(21)20-16-12(5)10(3)11(4)15(13(16)6)18(22)23/h9,14,19H,7-8H2,1-6H3,(H,20,21)(H,22,23). The number of anilines is 1. The van der Waals surface area contributed by atoms with E-state index < -0.39 is 11.9 Å². The number of rotatable bonds is 4. The molecule has 1 heterocycles. The molecule has 25 heavy (non-hydrogen) atoms. The first kappa shape index (κ1) is 19.4. The highest BCUT2D eigenvalue weighted by atomic mass is 16.7. The lowest BCUT2D eigenvalue weighted by molar-refractivity contribution is -0.217. The second-order valence-corrected chi connectivity index (χ2v) is 7.02. The summed E-state index contributed by atoms with van der Waals surface area (Å²) in [5.74, 6) is -1.39. The second kappa shape index (κ2) is 7.54. The van der Waals surface area contributed by atoms with Gasteiger partial charge in [-0.1, -0.05) is 13.8 Å². The number of hydrogen-bond acceptors (Lipinski definition) is 4. The van der Waals surface area contributed by atoms with E-state index in [1.54, 1.807) is 13.8 Å². The van der Waals surface area contributed by atoms with Crippen LogP contribution in [0.25, 0.3) is 0 Å². The van der Waals surface area contributed by atoms with Crippen LogP contribution in [0.15, 0.2) is 0 Å². The third-order valence-corrected chi connectivity index (χ3v) is 4.93. The SMILES string of the molecule is Cc1c(C)c(NC(=O)C2COC(C(C)C)OC2)c(C)c(C(=O)O)c1C. The molecule has 0 aliphatic carbocycles. The molecule has 0 atom stereocenters. The largest absolute Gasteiger partial charge is 0.478 e. The lowest BCUT2D eigenvalue weighted by Gasteiger charge is -2.31. The Hall–Kier alpha value is -1.92. The fourth-order valence-corrected chi connectivity index (χ4v) is 3.13. The van der Waals surface area contributed by atoms with E-state index in [1.165, 1.54) is 0 Å². The third kappa shape index (κ3) is 3.85. The molecule has 1 aromatic rings. The fraction of sp³-hybridized carbons (Fsp3) is 0.579. The quantitative estimate of drug-likeness (QED) is 0.872. The van der Waals surface area contributed by atoms with Crippen LogP contribution in [-0.2, 0) is 14.3 Å². The lowest BCUT2D eigenvalue weighted by Crippen LogP contribution is -2.41. The molecule has 2 N–H and O–H groups in total. The Balaban J connectivity index is 2.23. The average molecular weight is 349 g/mol. The summed E-state index contributed by atoms with van der Waals surface area (Å²) in [5, 5.41) is 12.4. The number of amides is 1. The minimum Gasteiger partial charge on any atom is -0.478 e. The Labute approximate surface area is 148 Å². The first-order valence-corrected chi connectivity index (χ1v) is 8.52. The molecule has 6 nitrogen and oxygen atoms in total. The number of hydrogen-bond donors (Lipinski definition) is 2. The molecule has 1 fully saturated rings. The van der Waals surface area contributed by atoms with Crippen molar-refractivity contribution in [3.05, 3.63) is 27.8 Å². The maximum Gasteiger partial charge on any atom is 0.336 e. The highest BCUT2D eigenvalue weighted by Gasteiger charge is 2.30. The number of carboxylic acids is 1. The number of aromatic carboxylic acids is 1. The monoisotopic (exact) mass is 349 g/mol. The summed E-state index contributed by atoms with van der Waals surface area (Å²) in [4.78, 5) is 24.2. The van der Waals surface area contributed by atoms with Crippen molar-refractivity contribution in [3.8, 4) is 0 Å². The topological polar surface area (TPSA) is 84.9 Å². The molecule has 2 rings (SSSR count). The van der Waals surface area contributed by atoms with Gasteiger partial charge in [0.15, 0.2) is 6.29 Å². The van der Waals surface area contributed by atoms with Gasteiger partial charge >= 0.3 is 5.97 Å². The zero-order valence-corrected chi connectivity index (χ0v) is 15.7. The summed E-state index contributed by atoms with van der Waals surface area (Å²) in [7, 11) is 0. The number of carbonyl (C=O) groups is 2. The molecule has 0 radical (unpaired) electrons. The summed E-state index contributed by atoms with van der Waals surface area (Å²) in [6, 6.07) is 0. The van der Waals surface area contributed by atoms with E-state index in [9.17, 15) is 14.7 Å². The van der Waals surface area contributed by atoms with Gasteiger partial charge in [-0.2, -0.15) is 0 Å². The van der Waals surface area contributed by atoms with Crippen LogP contribution in [-0.4, -0.2) is 36.5 Å². The summed E-state index contributed by atoms with van der Waals surface area (Å²) < 4.78 is 11.2. The molecule has 0 bridgehead atoms. The van der Waals surface area contributed by atoms with E-state index >= 15 is 0 Å². The maximum absolute atomic E-state index is 12.6. The highest BCUT2D eigenvalue weighted by molar-refractivity contribution is 5.99. The second-order valence-electron chi connectivity index (χ2n) is 7.02. The molecular weight excluding hydrogens is 322 g/mol. The van der Waals surface area contributed by atoms with Gasteiger partial charge in [0, 0.05) is 11.6 Å². The lowest BCUT2D eigenvalue weighted by atomic mass is 9.91. The van der Waals surface area contributed by atoms with Gasteiger partial charge in [-0.05, 0) is 49.9 Å². The van der Waals surface area contributed by atoms with Crippen LogP contribution in [0.3, 0.4) is 0 Å². The molecule has 138 valence electrons. The molecule has 1 aliphatic rings. The van der Waals surface area contributed by atoms with Crippen molar-refractivity contribution in [2.75, 3.05) is 18.5 Å². The fourth-order valence-electron chi connectivity index (χ4n) is 3.13. The zero-order chi connectivity index (χ0) is 18.9. The van der Waals surface area contributed by atoms with Crippen LogP contribution in [0.1, 0.15) is 46.5 Å². The van der Waals surface area contributed by atoms with Gasteiger partial charge in [-0.25, -0.2) is 4.79 Å². The van der Waals surface area contributed by atoms with Crippen LogP contribution in [0.2, 0.25) is 0 Å². The van der Waals surface area contributed by atoms with E-state index in [1.807, 2.05) is 27.7 Å². The molecule has 0 saturated carbocycles. The number of benzene rings is 1. The number of nitrogens with one attached hydrogen (secondary N) is 1. The van der Waals surface area contributed by atoms with Crippen molar-refractivity contribution < 1.29 is 24.2 Å². The summed E-state index contributed by atoms with van der Waals surface area (Å²) >= 11 is 0. The predicted molar refractivity (Wildman–Crippen MR) is 95.0 cm³/mol. The number of ether oxygens (including phenoxy) is 2. The smallest absolute Gasteiger partial charge is 0.336 e. The van der Waals surface area contributed by atoms with Crippen LogP contribution >= 0.6 is 0 Å². The van der Waals surface area contributed by atoms with E-state index in [0.717, 1.165) is 16.7 Å². The van der Waals surface area contributed by atoms with Gasteiger partial charge in [0.25, 0.3) is 0 Å². The molecule has 6 heteroatoms. The number of carbonyl (C=O) groups excluding carboxylic acids is 1. The molecular formula is C19H27NO5. The zero-order valence-electron chi connectivity index (χ0n) is 15.7. The summed E-state index contributed by atoms with van der Waals surface area (Å²) in [6.45, 7) is 11.9. The minimum atomic E-state index is -0.988. The van der Waals surface area contributed by atoms with Gasteiger partial charge in [0.05, 0.1) is 24.7 Å². The van der Waals surface area contributed by atoms with E-state index in [4.69, 9.17) is 9.47 Å². The molecule has 0 aromatic heterocycles. The Morgan fingerprint density at radius 1 is 1.00 bits per heavy atom. The van der Waals surface area contributed by atoms with Crippen LogP contribution < -0.4 is 5.32 Å². The van der Waals surface area contributed by atoms with Gasteiger partial charge in [-0.3, -0.25) is 4.79 Å². The van der Waals surface area contributed by atoms with E-state index in [-0.39, 0.29) is 23.7 Å². The Bertz CT molecular complexity index is 688. The van der Waals surface area contributed by atoms with Gasteiger partial charge in [0.1, 0.15) is 0 Å². The summed E-state index contributed by atoms with van der Waals surface area (Å²) in [5.41, 5.74) is 3.86. The van der Waals surface area contributed by atoms with Crippen molar-refractivity contribution in [1.82, 2.24) is 0 Å². The Kier molecular flexibility index (Phi) is 5.85. The minimum absolute atomic E-state index is 0.215. The molecule has 1 saturated heterocycles. The van der Waals surface area contributed by atoms with Crippen molar-refractivity contribution >= 4 is 17.6 Å². The Morgan fingerprint density at radius 2 is 1.56 bits per heavy atom. The number of carboxylic acid groups (broad SMARTS) is 1. The first-order chi connectivity index (χ1) is 11.6. The molecule has 1 amide bonds. The van der Waals surface area contributed by atoms with Gasteiger partial charge in [0.2, 0.25) is 5.91 Å². The molecule has 0 unspecified atom stereocenters. The third-order valence-electron chi connectivity index (χ3n) is 4.93. The summed E-state index contributed by atoms with van der Waals surface area (Å²) in [6.07, 6.45) is -0.284. The van der Waals surface area contributed by atoms with Crippen molar-refractivity contribution in [1.29, 1.82) is 0 Å². The van der Waals surface area contributed by atoms with Crippen LogP contribution in [0.5, 0.6) is 0 Å². The van der Waals surface area contributed by atoms with Gasteiger partial charge in [-0.15, -0.1) is 0 Å². The van der Waals surface area contributed by atoms with Gasteiger partial charge < -0.3 is 19.9 Å². The normalized spacial score (nSPS) is 20.6. The Morgan fingerprint density at radius 3 is 2.04 bits per heavy atom. The van der Waals surface area contributed by atoms with E-state index in [0.29, 0.717) is 24.5 Å². The predicted octanol–water partition coefficient (Wildman–Crippen LogP) is 3.20.